The highest BCUT2D eigenvalue weighted by molar-refractivity contribution is 14.1. The fraction of sp³-hybridized carbons (Fsp3) is 0.357. The molecule has 0 aromatic heterocycles. The third-order valence-corrected chi connectivity index (χ3v) is 4.22. The van der Waals surface area contributed by atoms with Crippen molar-refractivity contribution >= 4 is 40.1 Å². The topological polar surface area (TPSA) is 29.1 Å². The normalized spacial score (nSPS) is 14.4. The minimum absolute atomic E-state index is 0.0412. The van der Waals surface area contributed by atoms with Crippen molar-refractivity contribution in [3.63, 3.8) is 0 Å². The number of amides is 1. The van der Waals surface area contributed by atoms with Gasteiger partial charge in [-0.3, -0.25) is 4.79 Å². The first-order chi connectivity index (χ1) is 8.66. The van der Waals surface area contributed by atoms with Crippen molar-refractivity contribution in [1.82, 2.24) is 5.32 Å². The third-order valence-electron chi connectivity index (χ3n) is 3.04. The van der Waals surface area contributed by atoms with Crippen LogP contribution in [-0.2, 0) is 0 Å². The fourth-order valence-corrected chi connectivity index (χ4v) is 2.82. The molecule has 0 heterocycles. The van der Waals surface area contributed by atoms with Gasteiger partial charge in [-0.1, -0.05) is 23.3 Å². The zero-order chi connectivity index (χ0) is 13.0. The molecule has 0 saturated carbocycles. The van der Waals surface area contributed by atoms with E-state index in [1.807, 2.05) is 6.07 Å². The number of halogens is 2. The zero-order valence-electron chi connectivity index (χ0n) is 10.0. The molecule has 2 rings (SSSR count). The van der Waals surface area contributed by atoms with Crippen molar-refractivity contribution in [2.24, 2.45) is 0 Å². The quantitative estimate of drug-likeness (QED) is 0.621. The Morgan fingerprint density at radius 3 is 3.00 bits per heavy atom. The smallest absolute Gasteiger partial charge is 0.252 e. The van der Waals surface area contributed by atoms with Crippen molar-refractivity contribution in [3.05, 3.63) is 44.0 Å². The van der Waals surface area contributed by atoms with Gasteiger partial charge >= 0.3 is 0 Å². The number of benzene rings is 1. The van der Waals surface area contributed by atoms with Gasteiger partial charge in [0.1, 0.15) is 0 Å². The maximum atomic E-state index is 12.0. The summed E-state index contributed by atoms with van der Waals surface area (Å²) in [7, 11) is 0. The maximum absolute atomic E-state index is 12.0. The molecule has 1 aromatic carbocycles. The van der Waals surface area contributed by atoms with Crippen LogP contribution in [0.4, 0.5) is 0 Å². The van der Waals surface area contributed by atoms with E-state index >= 15 is 0 Å². The molecule has 4 heteroatoms. The predicted octanol–water partition coefficient (Wildman–Crippen LogP) is 4.17. The summed E-state index contributed by atoms with van der Waals surface area (Å²) in [6, 6.07) is 5.37. The second kappa shape index (κ2) is 6.57. The Balaban J connectivity index is 1.89. The molecule has 96 valence electrons. The van der Waals surface area contributed by atoms with E-state index in [1.54, 1.807) is 12.1 Å². The van der Waals surface area contributed by atoms with Gasteiger partial charge in [0, 0.05) is 15.1 Å². The van der Waals surface area contributed by atoms with Crippen LogP contribution in [-0.4, -0.2) is 12.5 Å². The lowest BCUT2D eigenvalue weighted by molar-refractivity contribution is 0.0953. The molecule has 1 aromatic rings. The summed E-state index contributed by atoms with van der Waals surface area (Å²) < 4.78 is 0.926. The Hall–Kier alpha value is -0.550. The first kappa shape index (κ1) is 13.9. The highest BCUT2D eigenvalue weighted by Gasteiger charge is 2.11. The van der Waals surface area contributed by atoms with E-state index in [-0.39, 0.29) is 5.91 Å². The van der Waals surface area contributed by atoms with Gasteiger partial charge in [-0.25, -0.2) is 0 Å². The maximum Gasteiger partial charge on any atom is 0.252 e. The van der Waals surface area contributed by atoms with Gasteiger partial charge in [-0.2, -0.15) is 0 Å². The van der Waals surface area contributed by atoms with Gasteiger partial charge in [-0.05, 0) is 66.5 Å². The molecule has 1 aliphatic carbocycles. The summed E-state index contributed by atoms with van der Waals surface area (Å²) in [4.78, 5) is 12.0. The van der Waals surface area contributed by atoms with Gasteiger partial charge in [0.2, 0.25) is 0 Å². The van der Waals surface area contributed by atoms with Gasteiger partial charge in [0.05, 0.1) is 5.56 Å². The van der Waals surface area contributed by atoms with Crippen molar-refractivity contribution in [1.29, 1.82) is 0 Å². The van der Waals surface area contributed by atoms with E-state index in [0.717, 1.165) is 9.99 Å². The first-order valence-corrected chi connectivity index (χ1v) is 7.53. The Kier molecular flexibility index (Phi) is 5.06. The minimum atomic E-state index is -0.0412. The van der Waals surface area contributed by atoms with E-state index in [9.17, 15) is 4.79 Å². The fourth-order valence-electron chi connectivity index (χ4n) is 2.07. The molecule has 0 saturated heterocycles. The molecule has 0 aliphatic heterocycles. The Bertz CT molecular complexity index is 485. The Morgan fingerprint density at radius 2 is 2.28 bits per heavy atom. The highest BCUT2D eigenvalue weighted by Crippen LogP contribution is 2.20. The molecule has 0 spiro atoms. The monoisotopic (exact) mass is 375 g/mol. The van der Waals surface area contributed by atoms with Crippen LogP contribution in [0.1, 0.15) is 36.0 Å². The van der Waals surface area contributed by atoms with Crippen LogP contribution in [0.15, 0.2) is 29.8 Å². The van der Waals surface area contributed by atoms with E-state index in [2.05, 4.69) is 34.0 Å². The molecule has 18 heavy (non-hydrogen) atoms. The SMILES string of the molecule is O=C(NCCC1=CCCC1)c1cc(Cl)ccc1I. The molecule has 0 radical (unpaired) electrons. The van der Waals surface area contributed by atoms with Gasteiger partial charge in [-0.15, -0.1) is 0 Å². The van der Waals surface area contributed by atoms with E-state index < -0.39 is 0 Å². The van der Waals surface area contributed by atoms with Crippen molar-refractivity contribution in [2.45, 2.75) is 25.7 Å². The molecule has 0 atom stereocenters. The molecular weight excluding hydrogens is 361 g/mol. The molecule has 2 nitrogen and oxygen atoms in total. The molecule has 0 fully saturated rings. The zero-order valence-corrected chi connectivity index (χ0v) is 12.9. The first-order valence-electron chi connectivity index (χ1n) is 6.08. The van der Waals surface area contributed by atoms with Gasteiger partial charge in [0.25, 0.3) is 5.91 Å². The van der Waals surface area contributed by atoms with Crippen LogP contribution in [0.3, 0.4) is 0 Å². The number of hydrogen-bond acceptors (Lipinski definition) is 1. The second-order valence-electron chi connectivity index (χ2n) is 4.38. The second-order valence-corrected chi connectivity index (χ2v) is 5.98. The van der Waals surface area contributed by atoms with Crippen LogP contribution in [0.5, 0.6) is 0 Å². The van der Waals surface area contributed by atoms with E-state index in [0.29, 0.717) is 17.1 Å². The van der Waals surface area contributed by atoms with Crippen LogP contribution < -0.4 is 5.32 Å². The molecular formula is C14H15ClINO. The Labute approximate surface area is 126 Å². The number of hydrogen-bond donors (Lipinski definition) is 1. The average Bonchev–Trinajstić information content (AvgIpc) is 2.85. The summed E-state index contributed by atoms with van der Waals surface area (Å²) in [6.45, 7) is 0.702. The van der Waals surface area contributed by atoms with Crippen molar-refractivity contribution in [2.75, 3.05) is 6.54 Å². The van der Waals surface area contributed by atoms with Crippen LogP contribution in [0.2, 0.25) is 5.02 Å². The van der Waals surface area contributed by atoms with E-state index in [1.165, 1.54) is 24.8 Å². The molecule has 1 aliphatic rings. The number of rotatable bonds is 4. The van der Waals surface area contributed by atoms with Crippen LogP contribution in [0, 0.1) is 3.57 Å². The van der Waals surface area contributed by atoms with Gasteiger partial charge in [0.15, 0.2) is 0 Å². The summed E-state index contributed by atoms with van der Waals surface area (Å²) in [5.41, 5.74) is 2.12. The highest BCUT2D eigenvalue weighted by atomic mass is 127. The number of nitrogens with one attached hydrogen (secondary N) is 1. The molecule has 1 amide bonds. The minimum Gasteiger partial charge on any atom is -0.352 e. The van der Waals surface area contributed by atoms with Crippen molar-refractivity contribution in [3.8, 4) is 0 Å². The lowest BCUT2D eigenvalue weighted by Crippen LogP contribution is -2.25. The van der Waals surface area contributed by atoms with Crippen molar-refractivity contribution < 1.29 is 4.79 Å². The summed E-state index contributed by atoms with van der Waals surface area (Å²) >= 11 is 8.06. The summed E-state index contributed by atoms with van der Waals surface area (Å²) in [6.07, 6.45) is 6.88. The molecule has 0 bridgehead atoms. The number of carbonyl (C=O) groups is 1. The molecule has 1 N–H and O–H groups in total. The predicted molar refractivity (Wildman–Crippen MR) is 83.1 cm³/mol. The lowest BCUT2D eigenvalue weighted by atomic mass is 10.1. The lowest BCUT2D eigenvalue weighted by Gasteiger charge is -2.07. The molecule has 0 unspecified atom stereocenters. The van der Waals surface area contributed by atoms with Crippen LogP contribution in [0.25, 0.3) is 0 Å². The van der Waals surface area contributed by atoms with Gasteiger partial charge < -0.3 is 5.32 Å². The average molecular weight is 376 g/mol. The standard InChI is InChI=1S/C14H15ClINO/c15-11-5-6-13(16)12(9-11)14(18)17-8-7-10-3-1-2-4-10/h3,5-6,9H,1-2,4,7-8H2,(H,17,18). The summed E-state index contributed by atoms with van der Waals surface area (Å²) in [5.74, 6) is -0.0412. The van der Waals surface area contributed by atoms with Crippen LogP contribution >= 0.6 is 34.2 Å². The summed E-state index contributed by atoms with van der Waals surface area (Å²) in [5, 5.41) is 3.55. The number of carbonyl (C=O) groups excluding carboxylic acids is 1. The van der Waals surface area contributed by atoms with E-state index in [4.69, 9.17) is 11.6 Å². The number of allylic oxidation sites excluding steroid dienone is 1. The third kappa shape index (κ3) is 3.72. The largest absolute Gasteiger partial charge is 0.352 e. The Morgan fingerprint density at radius 1 is 1.44 bits per heavy atom.